The minimum absolute atomic E-state index is 0.0418. The van der Waals surface area contributed by atoms with Gasteiger partial charge in [-0.25, -0.2) is 0 Å². The van der Waals surface area contributed by atoms with E-state index in [2.05, 4.69) is 4.74 Å². The number of aliphatic hydroxyl groups is 2. The molecule has 1 rings (SSSR count). The molecule has 0 aromatic carbocycles. The minimum atomic E-state index is -1.08. The first-order chi connectivity index (χ1) is 7.08. The Morgan fingerprint density at radius 2 is 2.13 bits per heavy atom. The first kappa shape index (κ1) is 12.4. The summed E-state index contributed by atoms with van der Waals surface area (Å²) in [4.78, 5) is 11.0. The third-order valence-corrected chi connectivity index (χ3v) is 2.36. The van der Waals surface area contributed by atoms with Crippen molar-refractivity contribution < 1.29 is 29.2 Å². The van der Waals surface area contributed by atoms with Gasteiger partial charge in [0.2, 0.25) is 0 Å². The molecule has 0 aromatic rings. The molecule has 1 saturated heterocycles. The zero-order valence-corrected chi connectivity index (χ0v) is 8.75. The predicted octanol–water partition coefficient (Wildman–Crippen LogP) is -0.967. The van der Waals surface area contributed by atoms with Gasteiger partial charge >= 0.3 is 5.97 Å². The van der Waals surface area contributed by atoms with Crippen LogP contribution in [0.15, 0.2) is 0 Å². The number of methoxy groups -OCH3 is 2. The van der Waals surface area contributed by atoms with Gasteiger partial charge in [-0.2, -0.15) is 0 Å². The maximum Gasteiger partial charge on any atom is 0.308 e. The maximum atomic E-state index is 11.0. The SMILES string of the molecule is COC(=O)CC1C[C@@H](O)[C@H](O)C(OC)O1. The van der Waals surface area contributed by atoms with E-state index in [-0.39, 0.29) is 12.8 Å². The Hall–Kier alpha value is -0.690. The van der Waals surface area contributed by atoms with Crippen LogP contribution in [0.2, 0.25) is 0 Å². The summed E-state index contributed by atoms with van der Waals surface area (Å²) in [5.41, 5.74) is 0. The van der Waals surface area contributed by atoms with Crippen molar-refractivity contribution in [1.82, 2.24) is 0 Å². The highest BCUT2D eigenvalue weighted by atomic mass is 16.7. The van der Waals surface area contributed by atoms with Gasteiger partial charge < -0.3 is 24.4 Å². The molecule has 1 aliphatic rings. The highest BCUT2D eigenvalue weighted by molar-refractivity contribution is 5.69. The zero-order valence-electron chi connectivity index (χ0n) is 8.75. The molecule has 4 atom stereocenters. The first-order valence-corrected chi connectivity index (χ1v) is 4.69. The van der Waals surface area contributed by atoms with Gasteiger partial charge in [0.1, 0.15) is 6.10 Å². The Morgan fingerprint density at radius 3 is 2.67 bits per heavy atom. The Kier molecular flexibility index (Phi) is 4.46. The standard InChI is InChI=1S/C9H16O6/c1-13-7(11)4-5-3-6(10)8(12)9(14-2)15-5/h5-6,8-10,12H,3-4H2,1-2H3/t5?,6-,8+,9?/m1/s1. The summed E-state index contributed by atoms with van der Waals surface area (Å²) >= 11 is 0. The normalized spacial score (nSPS) is 36.3. The minimum Gasteiger partial charge on any atom is -0.469 e. The van der Waals surface area contributed by atoms with Crippen LogP contribution < -0.4 is 0 Å². The summed E-state index contributed by atoms with van der Waals surface area (Å²) in [7, 11) is 2.64. The van der Waals surface area contributed by atoms with Crippen molar-refractivity contribution in [2.24, 2.45) is 0 Å². The molecule has 2 N–H and O–H groups in total. The maximum absolute atomic E-state index is 11.0. The van der Waals surface area contributed by atoms with Gasteiger partial charge in [-0.1, -0.05) is 0 Å². The van der Waals surface area contributed by atoms with E-state index < -0.39 is 30.6 Å². The summed E-state index contributed by atoms with van der Waals surface area (Å²) in [5, 5.41) is 18.9. The lowest BCUT2D eigenvalue weighted by Crippen LogP contribution is -2.49. The Labute approximate surface area is 87.7 Å². The average molecular weight is 220 g/mol. The summed E-state index contributed by atoms with van der Waals surface area (Å²) in [6.45, 7) is 0. The van der Waals surface area contributed by atoms with Crippen LogP contribution in [0.25, 0.3) is 0 Å². The monoisotopic (exact) mass is 220 g/mol. The van der Waals surface area contributed by atoms with Gasteiger partial charge in [0.25, 0.3) is 0 Å². The molecule has 0 spiro atoms. The van der Waals surface area contributed by atoms with Crippen molar-refractivity contribution in [3.63, 3.8) is 0 Å². The molecule has 88 valence electrons. The lowest BCUT2D eigenvalue weighted by molar-refractivity contribution is -0.258. The number of carbonyl (C=O) groups excluding carboxylic acids is 1. The van der Waals surface area contributed by atoms with E-state index in [0.717, 1.165) is 0 Å². The smallest absolute Gasteiger partial charge is 0.308 e. The number of hydrogen-bond donors (Lipinski definition) is 2. The fourth-order valence-electron chi connectivity index (χ4n) is 1.51. The molecular formula is C9H16O6. The molecule has 0 radical (unpaired) electrons. The van der Waals surface area contributed by atoms with Crippen LogP contribution in [-0.4, -0.2) is 55.0 Å². The number of esters is 1. The molecule has 6 nitrogen and oxygen atoms in total. The van der Waals surface area contributed by atoms with Gasteiger partial charge in [0.15, 0.2) is 6.29 Å². The van der Waals surface area contributed by atoms with Crippen molar-refractivity contribution in [2.45, 2.75) is 37.4 Å². The van der Waals surface area contributed by atoms with Crippen LogP contribution in [0.3, 0.4) is 0 Å². The molecule has 1 fully saturated rings. The number of carbonyl (C=O) groups is 1. The number of ether oxygens (including phenoxy) is 3. The van der Waals surface area contributed by atoms with E-state index in [4.69, 9.17) is 9.47 Å². The van der Waals surface area contributed by atoms with Crippen LogP contribution in [0.1, 0.15) is 12.8 Å². The van der Waals surface area contributed by atoms with E-state index >= 15 is 0 Å². The van der Waals surface area contributed by atoms with Gasteiger partial charge in [0.05, 0.1) is 25.7 Å². The highest BCUT2D eigenvalue weighted by Crippen LogP contribution is 2.22. The van der Waals surface area contributed by atoms with Gasteiger partial charge in [0, 0.05) is 13.5 Å². The molecule has 1 heterocycles. The lowest BCUT2D eigenvalue weighted by atomic mass is 10.0. The van der Waals surface area contributed by atoms with Crippen LogP contribution >= 0.6 is 0 Å². The highest BCUT2D eigenvalue weighted by Gasteiger charge is 2.37. The van der Waals surface area contributed by atoms with Crippen molar-refractivity contribution in [1.29, 1.82) is 0 Å². The quantitative estimate of drug-likeness (QED) is 0.595. The third kappa shape index (κ3) is 3.13. The first-order valence-electron chi connectivity index (χ1n) is 4.69. The molecule has 1 aliphatic heterocycles. The summed E-state index contributed by atoms with van der Waals surface area (Å²) in [6, 6.07) is 0. The largest absolute Gasteiger partial charge is 0.469 e. The lowest BCUT2D eigenvalue weighted by Gasteiger charge is -2.35. The van der Waals surface area contributed by atoms with Crippen LogP contribution in [0, 0.1) is 0 Å². The molecule has 0 amide bonds. The second kappa shape index (κ2) is 5.41. The average Bonchev–Trinajstić information content (AvgIpc) is 2.22. The number of rotatable bonds is 3. The molecular weight excluding hydrogens is 204 g/mol. The molecule has 2 unspecified atom stereocenters. The van der Waals surface area contributed by atoms with Crippen molar-refractivity contribution in [2.75, 3.05) is 14.2 Å². The molecule has 0 bridgehead atoms. The summed E-state index contributed by atoms with van der Waals surface area (Å²) < 4.78 is 14.6. The summed E-state index contributed by atoms with van der Waals surface area (Å²) in [6.07, 6.45) is -3.18. The van der Waals surface area contributed by atoms with Crippen molar-refractivity contribution in [3.8, 4) is 0 Å². The number of aliphatic hydroxyl groups excluding tert-OH is 2. The fraction of sp³-hybridized carbons (Fsp3) is 0.889. The summed E-state index contributed by atoms with van der Waals surface area (Å²) in [5.74, 6) is -0.418. The topological polar surface area (TPSA) is 85.2 Å². The van der Waals surface area contributed by atoms with Gasteiger partial charge in [-0.3, -0.25) is 4.79 Å². The second-order valence-electron chi connectivity index (χ2n) is 3.44. The van der Waals surface area contributed by atoms with Crippen LogP contribution in [-0.2, 0) is 19.0 Å². The van der Waals surface area contributed by atoms with Crippen LogP contribution in [0.4, 0.5) is 0 Å². The van der Waals surface area contributed by atoms with Gasteiger partial charge in [-0.05, 0) is 0 Å². The third-order valence-electron chi connectivity index (χ3n) is 2.36. The van der Waals surface area contributed by atoms with Crippen LogP contribution in [0.5, 0.6) is 0 Å². The van der Waals surface area contributed by atoms with E-state index in [0.29, 0.717) is 0 Å². The Balaban J connectivity index is 2.51. The van der Waals surface area contributed by atoms with E-state index in [1.165, 1.54) is 14.2 Å². The van der Waals surface area contributed by atoms with E-state index in [9.17, 15) is 15.0 Å². The number of hydrogen-bond acceptors (Lipinski definition) is 6. The molecule has 0 saturated carbocycles. The molecule has 15 heavy (non-hydrogen) atoms. The van der Waals surface area contributed by atoms with Gasteiger partial charge in [-0.15, -0.1) is 0 Å². The Morgan fingerprint density at radius 1 is 1.47 bits per heavy atom. The van der Waals surface area contributed by atoms with Crippen molar-refractivity contribution in [3.05, 3.63) is 0 Å². The van der Waals surface area contributed by atoms with E-state index in [1.54, 1.807) is 0 Å². The molecule has 6 heteroatoms. The van der Waals surface area contributed by atoms with E-state index in [1.807, 2.05) is 0 Å². The molecule has 0 aromatic heterocycles. The fourth-order valence-corrected chi connectivity index (χ4v) is 1.51. The molecule has 0 aliphatic carbocycles. The predicted molar refractivity (Wildman–Crippen MR) is 48.9 cm³/mol. The second-order valence-corrected chi connectivity index (χ2v) is 3.44. The Bertz CT molecular complexity index is 219. The van der Waals surface area contributed by atoms with Crippen molar-refractivity contribution >= 4 is 5.97 Å². The zero-order chi connectivity index (χ0) is 11.4.